The minimum Gasteiger partial charge on any atom is -0.392 e. The Bertz CT molecular complexity index is 556. The molecule has 0 fully saturated rings. The smallest absolute Gasteiger partial charge is 0.182 e. The molecule has 0 amide bonds. The lowest BCUT2D eigenvalue weighted by Crippen LogP contribution is -2.17. The predicted molar refractivity (Wildman–Crippen MR) is 79.2 cm³/mol. The summed E-state index contributed by atoms with van der Waals surface area (Å²) in [6.07, 6.45) is 0.668. The second-order valence-electron chi connectivity index (χ2n) is 5.29. The van der Waals surface area contributed by atoms with Crippen LogP contribution >= 0.6 is 0 Å². The zero-order chi connectivity index (χ0) is 15.3. The Morgan fingerprint density at radius 2 is 1.80 bits per heavy atom. The Hall–Kier alpha value is -1.17. The Kier molecular flexibility index (Phi) is 5.92. The predicted octanol–water partition coefficient (Wildman–Crippen LogP) is 1.70. The fourth-order valence-electron chi connectivity index (χ4n) is 1.65. The monoisotopic (exact) mass is 298 g/mol. The molecule has 0 radical (unpaired) electrons. The molecule has 2 N–H and O–H groups in total. The number of sulfone groups is 1. The summed E-state index contributed by atoms with van der Waals surface area (Å²) in [5.74, 6) is -0.310. The molecule has 0 saturated heterocycles. The minimum atomic E-state index is -3.50. The average Bonchev–Trinajstić information content (AvgIpc) is 2.37. The first-order valence-corrected chi connectivity index (χ1v) is 8.19. The fraction of sp³-hybridized carbons (Fsp3) is 0.467. The Balaban J connectivity index is 2.96. The van der Waals surface area contributed by atoms with E-state index in [4.69, 9.17) is 0 Å². The number of benzene rings is 1. The minimum absolute atomic E-state index is 0.0290. The number of aliphatic hydroxyl groups excluding tert-OH is 2. The van der Waals surface area contributed by atoms with Gasteiger partial charge in [0.05, 0.1) is 23.4 Å². The van der Waals surface area contributed by atoms with E-state index in [1.165, 1.54) is 6.08 Å². The number of aliphatic hydroxyl groups is 2. The van der Waals surface area contributed by atoms with Gasteiger partial charge in [0, 0.05) is 0 Å². The molecule has 0 heterocycles. The number of hydrogen-bond donors (Lipinski definition) is 2. The summed E-state index contributed by atoms with van der Waals surface area (Å²) in [5.41, 5.74) is 1.30. The molecular formula is C15H22O4S. The highest BCUT2D eigenvalue weighted by Crippen LogP contribution is 2.16. The molecule has 1 rings (SSSR count). The van der Waals surface area contributed by atoms with Crippen LogP contribution in [0.25, 0.3) is 0 Å². The first kappa shape index (κ1) is 16.9. The number of aryl methyl sites for hydroxylation is 1. The number of hydrogen-bond acceptors (Lipinski definition) is 4. The Labute approximate surface area is 120 Å². The average molecular weight is 298 g/mol. The van der Waals surface area contributed by atoms with Crippen LogP contribution in [-0.4, -0.2) is 37.1 Å². The van der Waals surface area contributed by atoms with Crippen LogP contribution in [0.3, 0.4) is 0 Å². The van der Waals surface area contributed by atoms with Gasteiger partial charge in [-0.2, -0.15) is 0 Å². The molecule has 0 aliphatic rings. The SMILES string of the molecule is Cc1ccc(S(=O)(=O)C/C(=C/C(O)C(C)C)CO)cc1. The second kappa shape index (κ2) is 7.02. The summed E-state index contributed by atoms with van der Waals surface area (Å²) < 4.78 is 24.5. The van der Waals surface area contributed by atoms with Crippen molar-refractivity contribution in [3.05, 3.63) is 41.5 Å². The molecule has 0 aliphatic heterocycles. The molecule has 4 nitrogen and oxygen atoms in total. The topological polar surface area (TPSA) is 74.6 Å². The van der Waals surface area contributed by atoms with Gasteiger partial charge in [-0.05, 0) is 30.5 Å². The molecule has 5 heteroatoms. The molecule has 0 saturated carbocycles. The molecule has 1 unspecified atom stereocenters. The van der Waals surface area contributed by atoms with Crippen LogP contribution in [0.4, 0.5) is 0 Å². The zero-order valence-electron chi connectivity index (χ0n) is 12.1. The van der Waals surface area contributed by atoms with Crippen LogP contribution in [0, 0.1) is 12.8 Å². The Morgan fingerprint density at radius 1 is 1.25 bits per heavy atom. The van der Waals surface area contributed by atoms with Gasteiger partial charge in [0.2, 0.25) is 0 Å². The third-order valence-electron chi connectivity index (χ3n) is 3.05. The van der Waals surface area contributed by atoms with E-state index in [0.717, 1.165) is 5.56 Å². The summed E-state index contributed by atoms with van der Waals surface area (Å²) >= 11 is 0. The van der Waals surface area contributed by atoms with Gasteiger partial charge in [-0.3, -0.25) is 0 Å². The van der Waals surface area contributed by atoms with Crippen LogP contribution in [0.2, 0.25) is 0 Å². The van der Waals surface area contributed by atoms with Gasteiger partial charge in [-0.1, -0.05) is 37.6 Å². The van der Waals surface area contributed by atoms with E-state index in [9.17, 15) is 18.6 Å². The highest BCUT2D eigenvalue weighted by atomic mass is 32.2. The summed E-state index contributed by atoms with van der Waals surface area (Å²) in [6.45, 7) is 5.15. The van der Waals surface area contributed by atoms with Gasteiger partial charge in [0.15, 0.2) is 9.84 Å². The maximum atomic E-state index is 12.2. The van der Waals surface area contributed by atoms with Crippen molar-refractivity contribution in [3.63, 3.8) is 0 Å². The molecular weight excluding hydrogens is 276 g/mol. The summed E-state index contributed by atoms with van der Waals surface area (Å²) in [7, 11) is -3.50. The van der Waals surface area contributed by atoms with Crippen molar-refractivity contribution in [1.82, 2.24) is 0 Å². The number of rotatable bonds is 6. The van der Waals surface area contributed by atoms with Crippen LogP contribution in [0.5, 0.6) is 0 Å². The Morgan fingerprint density at radius 3 is 2.25 bits per heavy atom. The third-order valence-corrected chi connectivity index (χ3v) is 4.79. The summed E-state index contributed by atoms with van der Waals surface area (Å²) in [5, 5.41) is 19.0. The molecule has 0 aromatic heterocycles. The highest BCUT2D eigenvalue weighted by Gasteiger charge is 2.17. The van der Waals surface area contributed by atoms with Crippen molar-refractivity contribution in [2.45, 2.75) is 31.8 Å². The third kappa shape index (κ3) is 4.74. The molecule has 112 valence electrons. The molecule has 0 bridgehead atoms. The first-order valence-electron chi connectivity index (χ1n) is 6.54. The normalized spacial score (nSPS) is 14.6. The van der Waals surface area contributed by atoms with Crippen LogP contribution in [-0.2, 0) is 9.84 Å². The van der Waals surface area contributed by atoms with Gasteiger partial charge >= 0.3 is 0 Å². The second-order valence-corrected chi connectivity index (χ2v) is 7.28. The van der Waals surface area contributed by atoms with E-state index < -0.39 is 15.9 Å². The first-order chi connectivity index (χ1) is 9.26. The molecule has 0 spiro atoms. The van der Waals surface area contributed by atoms with Crippen molar-refractivity contribution < 1.29 is 18.6 Å². The lowest BCUT2D eigenvalue weighted by atomic mass is 10.1. The lowest BCUT2D eigenvalue weighted by molar-refractivity contribution is 0.170. The standard InChI is InChI=1S/C15H22O4S/c1-11(2)15(17)8-13(9-16)10-20(18,19)14-6-4-12(3)5-7-14/h4-8,11,15-17H,9-10H2,1-3H3/b13-8+. The van der Waals surface area contributed by atoms with E-state index in [1.54, 1.807) is 24.3 Å². The highest BCUT2D eigenvalue weighted by molar-refractivity contribution is 7.91. The van der Waals surface area contributed by atoms with Crippen LogP contribution in [0.1, 0.15) is 19.4 Å². The molecule has 1 aromatic carbocycles. The van der Waals surface area contributed by atoms with E-state index in [-0.39, 0.29) is 23.2 Å². The van der Waals surface area contributed by atoms with Crippen molar-refractivity contribution in [3.8, 4) is 0 Å². The van der Waals surface area contributed by atoms with Gasteiger partial charge in [0.1, 0.15) is 0 Å². The van der Waals surface area contributed by atoms with Gasteiger partial charge < -0.3 is 10.2 Å². The van der Waals surface area contributed by atoms with Crippen LogP contribution in [0.15, 0.2) is 40.8 Å². The van der Waals surface area contributed by atoms with Gasteiger partial charge in [-0.15, -0.1) is 0 Å². The summed E-state index contributed by atoms with van der Waals surface area (Å²) in [4.78, 5) is 0.224. The van der Waals surface area contributed by atoms with E-state index >= 15 is 0 Å². The van der Waals surface area contributed by atoms with Crippen molar-refractivity contribution >= 4 is 9.84 Å². The largest absolute Gasteiger partial charge is 0.392 e. The van der Waals surface area contributed by atoms with E-state index in [1.807, 2.05) is 20.8 Å². The maximum absolute atomic E-state index is 12.2. The summed E-state index contributed by atoms with van der Waals surface area (Å²) in [6, 6.07) is 6.58. The molecule has 20 heavy (non-hydrogen) atoms. The van der Waals surface area contributed by atoms with Gasteiger partial charge in [-0.25, -0.2) is 8.42 Å². The molecule has 1 atom stereocenters. The zero-order valence-corrected chi connectivity index (χ0v) is 12.9. The lowest BCUT2D eigenvalue weighted by Gasteiger charge is -2.13. The van der Waals surface area contributed by atoms with Crippen molar-refractivity contribution in [2.24, 2.45) is 5.92 Å². The maximum Gasteiger partial charge on any atom is 0.182 e. The van der Waals surface area contributed by atoms with E-state index in [2.05, 4.69) is 0 Å². The quantitative estimate of drug-likeness (QED) is 0.784. The molecule has 0 aliphatic carbocycles. The van der Waals surface area contributed by atoms with Gasteiger partial charge in [0.25, 0.3) is 0 Å². The van der Waals surface area contributed by atoms with Crippen molar-refractivity contribution in [1.29, 1.82) is 0 Å². The van der Waals surface area contributed by atoms with Crippen LogP contribution < -0.4 is 0 Å². The molecule has 1 aromatic rings. The fourth-order valence-corrected chi connectivity index (χ4v) is 3.05. The van der Waals surface area contributed by atoms with E-state index in [0.29, 0.717) is 5.57 Å². The van der Waals surface area contributed by atoms with Crippen molar-refractivity contribution in [2.75, 3.05) is 12.4 Å².